The maximum Gasteiger partial charge on any atom is 0.0651 e. The summed E-state index contributed by atoms with van der Waals surface area (Å²) in [6, 6.07) is 17.7. The predicted octanol–water partition coefficient (Wildman–Crippen LogP) is 5.73. The lowest BCUT2D eigenvalue weighted by Gasteiger charge is -2.32. The first kappa shape index (κ1) is 14.3. The molecular weight excluding hydrogens is 300 g/mol. The van der Waals surface area contributed by atoms with E-state index in [0.29, 0.717) is 0 Å². The van der Waals surface area contributed by atoms with Crippen LogP contribution in [0.3, 0.4) is 0 Å². The fraction of sp³-hybridized carbons (Fsp3) is 0.120. The van der Waals surface area contributed by atoms with E-state index in [4.69, 9.17) is 6.42 Å². The highest BCUT2D eigenvalue weighted by molar-refractivity contribution is 5.89. The lowest BCUT2D eigenvalue weighted by Crippen LogP contribution is -2.27. The van der Waals surface area contributed by atoms with Gasteiger partial charge >= 0.3 is 0 Å². The number of allylic oxidation sites excluding steroid dienone is 8. The van der Waals surface area contributed by atoms with E-state index in [0.717, 1.165) is 6.42 Å². The van der Waals surface area contributed by atoms with Crippen LogP contribution in [0, 0.1) is 12.3 Å². The summed E-state index contributed by atoms with van der Waals surface area (Å²) < 4.78 is 0. The van der Waals surface area contributed by atoms with Gasteiger partial charge in [-0.2, -0.15) is 0 Å². The second kappa shape index (κ2) is 4.98. The molecule has 0 heterocycles. The Morgan fingerprint density at radius 3 is 2.28 bits per heavy atom. The molecule has 0 nitrogen and oxygen atoms in total. The van der Waals surface area contributed by atoms with E-state index >= 15 is 0 Å². The van der Waals surface area contributed by atoms with Crippen LogP contribution >= 0.6 is 0 Å². The summed E-state index contributed by atoms with van der Waals surface area (Å²) in [5, 5.41) is 0. The van der Waals surface area contributed by atoms with Gasteiger partial charge in [0.15, 0.2) is 0 Å². The lowest BCUT2D eigenvalue weighted by atomic mass is 9.69. The molecule has 0 N–H and O–H groups in total. The number of fused-ring (bicyclic) bond motifs is 6. The van der Waals surface area contributed by atoms with Gasteiger partial charge in [-0.25, -0.2) is 0 Å². The van der Waals surface area contributed by atoms with Crippen LogP contribution in [0.5, 0.6) is 0 Å². The summed E-state index contributed by atoms with van der Waals surface area (Å²) in [4.78, 5) is 0. The third-order valence-corrected chi connectivity index (χ3v) is 5.94. The van der Waals surface area contributed by atoms with Gasteiger partial charge in [0.1, 0.15) is 0 Å². The molecule has 0 radical (unpaired) electrons. The van der Waals surface area contributed by atoms with Crippen LogP contribution in [-0.2, 0) is 5.41 Å². The largest absolute Gasteiger partial charge is 0.115 e. The number of hydrogen-bond donors (Lipinski definition) is 0. The minimum atomic E-state index is -0.139. The van der Waals surface area contributed by atoms with Crippen molar-refractivity contribution in [1.29, 1.82) is 0 Å². The third-order valence-electron chi connectivity index (χ3n) is 5.94. The molecule has 0 atom stereocenters. The van der Waals surface area contributed by atoms with Crippen LogP contribution in [0.4, 0.5) is 0 Å². The SMILES string of the molecule is C#C/C=C\C1=C(C)C2(C3=C1C=CC3)c1ccccc1-c1ccccc12. The lowest BCUT2D eigenvalue weighted by molar-refractivity contribution is 0.725. The van der Waals surface area contributed by atoms with Gasteiger partial charge < -0.3 is 0 Å². The van der Waals surface area contributed by atoms with Crippen molar-refractivity contribution in [2.75, 3.05) is 0 Å². The van der Waals surface area contributed by atoms with Gasteiger partial charge in [0.05, 0.1) is 5.41 Å². The van der Waals surface area contributed by atoms with E-state index in [1.807, 2.05) is 6.08 Å². The third kappa shape index (κ3) is 1.58. The Morgan fingerprint density at radius 2 is 1.64 bits per heavy atom. The Morgan fingerprint density at radius 1 is 1.00 bits per heavy atom. The Hall–Kier alpha value is -3.04. The molecule has 0 unspecified atom stereocenters. The standard InChI is InChI=1S/C25H18/c1-3-4-10-18-17(2)25(24-16-9-13-19(18)24)22-14-7-5-11-20(22)21-12-6-8-15-23(21)25/h1,4-15H,16H2,2H3/b10-4-. The summed E-state index contributed by atoms with van der Waals surface area (Å²) in [5.41, 5.74) is 10.9. The Balaban J connectivity index is 1.92. The van der Waals surface area contributed by atoms with E-state index in [-0.39, 0.29) is 5.41 Å². The molecule has 0 amide bonds. The van der Waals surface area contributed by atoms with E-state index < -0.39 is 0 Å². The van der Waals surface area contributed by atoms with Gasteiger partial charge in [0.25, 0.3) is 0 Å². The topological polar surface area (TPSA) is 0 Å². The molecule has 0 bridgehead atoms. The molecule has 118 valence electrons. The fourth-order valence-electron chi connectivity index (χ4n) is 5.05. The van der Waals surface area contributed by atoms with Crippen molar-refractivity contribution in [3.63, 3.8) is 0 Å². The predicted molar refractivity (Wildman–Crippen MR) is 104 cm³/mol. The van der Waals surface area contributed by atoms with Crippen molar-refractivity contribution in [2.24, 2.45) is 0 Å². The molecule has 1 spiro atoms. The number of rotatable bonds is 1. The molecule has 0 heteroatoms. The summed E-state index contributed by atoms with van der Waals surface area (Å²) in [6.07, 6.45) is 15.0. The van der Waals surface area contributed by atoms with E-state index in [1.165, 1.54) is 44.5 Å². The van der Waals surface area contributed by atoms with Gasteiger partial charge in [-0.15, -0.1) is 6.42 Å². The number of benzene rings is 2. The zero-order valence-corrected chi connectivity index (χ0v) is 14.2. The molecule has 0 fully saturated rings. The first-order valence-electron chi connectivity index (χ1n) is 8.74. The highest BCUT2D eigenvalue weighted by Gasteiger charge is 2.51. The zero-order chi connectivity index (χ0) is 17.0. The van der Waals surface area contributed by atoms with Gasteiger partial charge in [0, 0.05) is 0 Å². The molecule has 0 aromatic heterocycles. The molecule has 2 aromatic carbocycles. The highest BCUT2D eigenvalue weighted by Crippen LogP contribution is 2.62. The van der Waals surface area contributed by atoms with Gasteiger partial charge in [-0.3, -0.25) is 0 Å². The van der Waals surface area contributed by atoms with Crippen LogP contribution in [0.2, 0.25) is 0 Å². The molecule has 0 saturated heterocycles. The first-order valence-corrected chi connectivity index (χ1v) is 8.74. The molecular formula is C25H18. The fourth-order valence-corrected chi connectivity index (χ4v) is 5.05. The maximum atomic E-state index is 5.49. The van der Waals surface area contributed by atoms with Crippen molar-refractivity contribution >= 4 is 0 Å². The number of terminal acetylenes is 1. The molecule has 0 aliphatic heterocycles. The zero-order valence-electron chi connectivity index (χ0n) is 14.2. The minimum Gasteiger partial charge on any atom is -0.115 e. The van der Waals surface area contributed by atoms with Gasteiger partial charge in [-0.1, -0.05) is 66.6 Å². The molecule has 0 saturated carbocycles. The summed E-state index contributed by atoms with van der Waals surface area (Å²) in [6.45, 7) is 2.28. The molecule has 3 aliphatic rings. The molecule has 5 rings (SSSR count). The maximum absolute atomic E-state index is 5.49. The minimum absolute atomic E-state index is 0.139. The van der Waals surface area contributed by atoms with Crippen LogP contribution in [-0.4, -0.2) is 0 Å². The van der Waals surface area contributed by atoms with E-state index in [9.17, 15) is 0 Å². The van der Waals surface area contributed by atoms with Gasteiger partial charge in [0.2, 0.25) is 0 Å². The van der Waals surface area contributed by atoms with E-state index in [2.05, 4.69) is 79.6 Å². The van der Waals surface area contributed by atoms with Crippen LogP contribution in [0.1, 0.15) is 24.5 Å². The normalized spacial score (nSPS) is 18.9. The Labute approximate surface area is 148 Å². The average molecular weight is 318 g/mol. The van der Waals surface area contributed by atoms with Crippen molar-refractivity contribution in [3.8, 4) is 23.5 Å². The van der Waals surface area contributed by atoms with Crippen LogP contribution < -0.4 is 0 Å². The molecule has 3 aliphatic carbocycles. The van der Waals surface area contributed by atoms with Crippen LogP contribution in [0.15, 0.2) is 95.1 Å². The molecule has 25 heavy (non-hydrogen) atoms. The van der Waals surface area contributed by atoms with Crippen molar-refractivity contribution in [3.05, 3.63) is 106 Å². The monoisotopic (exact) mass is 318 g/mol. The number of hydrogen-bond acceptors (Lipinski definition) is 0. The first-order chi connectivity index (χ1) is 12.3. The Kier molecular flexibility index (Phi) is 2.85. The molecule has 2 aromatic rings. The average Bonchev–Trinajstić information content (AvgIpc) is 3.29. The second-order valence-electron chi connectivity index (χ2n) is 6.88. The van der Waals surface area contributed by atoms with Crippen molar-refractivity contribution in [2.45, 2.75) is 18.8 Å². The van der Waals surface area contributed by atoms with Crippen LogP contribution in [0.25, 0.3) is 11.1 Å². The summed E-state index contributed by atoms with van der Waals surface area (Å²) in [5.74, 6) is 2.65. The quantitative estimate of drug-likeness (QED) is 0.589. The van der Waals surface area contributed by atoms with Crippen molar-refractivity contribution in [1.82, 2.24) is 0 Å². The summed E-state index contributed by atoms with van der Waals surface area (Å²) in [7, 11) is 0. The second-order valence-corrected chi connectivity index (χ2v) is 6.88. The Bertz CT molecular complexity index is 1030. The smallest absolute Gasteiger partial charge is 0.0651 e. The highest BCUT2D eigenvalue weighted by atomic mass is 14.5. The van der Waals surface area contributed by atoms with Gasteiger partial charge in [-0.05, 0) is 70.0 Å². The van der Waals surface area contributed by atoms with Crippen molar-refractivity contribution < 1.29 is 0 Å². The van der Waals surface area contributed by atoms with E-state index in [1.54, 1.807) is 0 Å². The summed E-state index contributed by atoms with van der Waals surface area (Å²) >= 11 is 0.